The Kier molecular flexibility index (Phi) is 8.48. The van der Waals surface area contributed by atoms with E-state index in [2.05, 4.69) is 5.73 Å². The van der Waals surface area contributed by atoms with Gasteiger partial charge in [0.25, 0.3) is 0 Å². The topological polar surface area (TPSA) is 109 Å². The lowest BCUT2D eigenvalue weighted by atomic mass is 10.4. The molecule has 6 nitrogen and oxygen atoms in total. The van der Waals surface area contributed by atoms with E-state index >= 15 is 0 Å². The smallest absolute Gasteiger partial charge is 0.244 e. The minimum atomic E-state index is -3.54. The number of carbonyl (C=O) groups is 1. The van der Waals surface area contributed by atoms with Crippen LogP contribution in [-0.4, -0.2) is 32.3 Å². The highest BCUT2D eigenvalue weighted by Gasteiger charge is 2.16. The first-order valence-corrected chi connectivity index (χ1v) is 9.54. The van der Waals surface area contributed by atoms with Gasteiger partial charge in [0.05, 0.1) is 10.6 Å². The zero-order valence-corrected chi connectivity index (χ0v) is 14.8. The van der Waals surface area contributed by atoms with Gasteiger partial charge in [0.15, 0.2) is 9.84 Å². The number of amides is 1. The van der Waals surface area contributed by atoms with Crippen molar-refractivity contribution in [3.8, 4) is 0 Å². The predicted octanol–water partition coefficient (Wildman–Crippen LogP) is 2.08. The van der Waals surface area contributed by atoms with Crippen LogP contribution in [-0.2, 0) is 14.6 Å². The van der Waals surface area contributed by atoms with Crippen LogP contribution in [0.25, 0.3) is 0 Å². The Balaban J connectivity index is 0.00000139. The number of hydrogen-bond acceptors (Lipinski definition) is 6. The van der Waals surface area contributed by atoms with Crippen LogP contribution in [0.4, 0.5) is 0 Å². The van der Waals surface area contributed by atoms with Crippen molar-refractivity contribution in [3.05, 3.63) is 54.6 Å². The van der Waals surface area contributed by atoms with Gasteiger partial charge in [-0.2, -0.15) is 0 Å². The van der Waals surface area contributed by atoms with E-state index in [0.717, 1.165) is 9.79 Å². The Morgan fingerprint density at radius 3 is 2.12 bits per heavy atom. The number of benzene rings is 2. The molecule has 0 aliphatic heterocycles. The van der Waals surface area contributed by atoms with Crippen LogP contribution in [0.2, 0.25) is 0 Å². The quantitative estimate of drug-likeness (QED) is 0.532. The summed E-state index contributed by atoms with van der Waals surface area (Å²) in [4.78, 5) is 13.1. The second-order valence-corrected chi connectivity index (χ2v) is 7.75. The number of hydrogen-bond donors (Lipinski definition) is 3. The molecule has 130 valence electrons. The molecule has 2 rings (SSSR count). The predicted molar refractivity (Wildman–Crippen MR) is 93.7 cm³/mol. The summed E-state index contributed by atoms with van der Waals surface area (Å²) in [5.41, 5.74) is 5.92. The van der Waals surface area contributed by atoms with Crippen molar-refractivity contribution in [1.82, 2.24) is 5.48 Å². The van der Waals surface area contributed by atoms with Gasteiger partial charge in [0.2, 0.25) is 5.91 Å². The van der Waals surface area contributed by atoms with Gasteiger partial charge < -0.3 is 5.73 Å². The van der Waals surface area contributed by atoms with E-state index in [1.54, 1.807) is 12.1 Å². The molecule has 1 amide bonds. The molecule has 0 bridgehead atoms. The van der Waals surface area contributed by atoms with Crippen molar-refractivity contribution in [2.45, 2.75) is 21.1 Å². The molecule has 0 spiro atoms. The van der Waals surface area contributed by atoms with Crippen molar-refractivity contribution in [3.63, 3.8) is 0 Å². The molecule has 4 N–H and O–H groups in total. The van der Waals surface area contributed by atoms with Gasteiger partial charge in [0.1, 0.15) is 0 Å². The molecule has 0 fully saturated rings. The molecule has 0 atom stereocenters. The van der Waals surface area contributed by atoms with Crippen LogP contribution < -0.4 is 11.2 Å². The number of sulfone groups is 1. The molecule has 8 heteroatoms. The second-order valence-electron chi connectivity index (χ2n) is 4.49. The van der Waals surface area contributed by atoms with Crippen LogP contribution in [0.5, 0.6) is 0 Å². The zero-order valence-electron chi connectivity index (χ0n) is 13.2. The molecule has 0 saturated heterocycles. The van der Waals surface area contributed by atoms with Gasteiger partial charge in [-0.3, -0.25) is 10.0 Å². The van der Waals surface area contributed by atoms with Gasteiger partial charge in [-0.1, -0.05) is 30.0 Å². The van der Waals surface area contributed by atoms with Gasteiger partial charge >= 0.3 is 0 Å². The largest absolute Gasteiger partial charge is 0.333 e. The number of rotatable bonds is 6. The molecule has 0 saturated carbocycles. The first kappa shape index (κ1) is 20.2. The van der Waals surface area contributed by atoms with Crippen molar-refractivity contribution in [1.29, 1.82) is 0 Å². The Hall–Kier alpha value is -1.87. The van der Waals surface area contributed by atoms with Crippen LogP contribution >= 0.6 is 11.8 Å². The highest BCUT2D eigenvalue weighted by atomic mass is 32.2. The molecule has 2 aromatic carbocycles. The highest BCUT2D eigenvalue weighted by Crippen LogP contribution is 2.28. The summed E-state index contributed by atoms with van der Waals surface area (Å²) in [5.74, 6) is -1.07. The van der Waals surface area contributed by atoms with Gasteiger partial charge in [0, 0.05) is 16.2 Å². The van der Waals surface area contributed by atoms with E-state index in [4.69, 9.17) is 5.21 Å². The van der Waals surface area contributed by atoms with Crippen molar-refractivity contribution in [2.75, 3.05) is 12.8 Å². The summed E-state index contributed by atoms with van der Waals surface area (Å²) < 4.78 is 24.1. The highest BCUT2D eigenvalue weighted by molar-refractivity contribution is 7.99. The van der Waals surface area contributed by atoms with Crippen LogP contribution in [0.1, 0.15) is 6.42 Å². The van der Waals surface area contributed by atoms with E-state index in [-0.39, 0.29) is 17.1 Å². The lowest BCUT2D eigenvalue weighted by Gasteiger charge is -2.06. The van der Waals surface area contributed by atoms with Crippen LogP contribution in [0.15, 0.2) is 69.3 Å². The SMILES string of the molecule is CN.O=C(CCS(=O)(=O)c1ccc(Sc2ccccc2)cc1)NO. The Morgan fingerprint density at radius 2 is 1.58 bits per heavy atom. The van der Waals surface area contributed by atoms with E-state index < -0.39 is 15.7 Å². The summed E-state index contributed by atoms with van der Waals surface area (Å²) in [6, 6.07) is 16.3. The number of hydroxylamine groups is 1. The first-order chi connectivity index (χ1) is 11.5. The van der Waals surface area contributed by atoms with Gasteiger partial charge in [-0.05, 0) is 43.4 Å². The lowest BCUT2D eigenvalue weighted by Crippen LogP contribution is -2.22. The number of nitrogens with one attached hydrogen (secondary N) is 1. The minimum Gasteiger partial charge on any atom is -0.333 e. The lowest BCUT2D eigenvalue weighted by molar-refractivity contribution is -0.128. The van der Waals surface area contributed by atoms with Crippen molar-refractivity contribution >= 4 is 27.5 Å². The third kappa shape index (κ3) is 6.32. The summed E-state index contributed by atoms with van der Waals surface area (Å²) in [5, 5.41) is 8.38. The molecule has 0 heterocycles. The molecule has 0 unspecified atom stereocenters. The van der Waals surface area contributed by atoms with Gasteiger partial charge in [-0.25, -0.2) is 13.9 Å². The maximum absolute atomic E-state index is 12.1. The molecular weight excluding hydrogens is 348 g/mol. The molecular formula is C16H20N2O4S2. The fraction of sp³-hybridized carbons (Fsp3) is 0.188. The summed E-state index contributed by atoms with van der Waals surface area (Å²) in [6.45, 7) is 0. The summed E-state index contributed by atoms with van der Waals surface area (Å²) >= 11 is 1.54. The summed E-state index contributed by atoms with van der Waals surface area (Å²) in [6.07, 6.45) is -0.278. The monoisotopic (exact) mass is 368 g/mol. The maximum Gasteiger partial charge on any atom is 0.244 e. The van der Waals surface area contributed by atoms with E-state index in [1.165, 1.54) is 36.4 Å². The number of carbonyl (C=O) groups excluding carboxylic acids is 1. The zero-order chi connectivity index (χ0) is 18.0. The average molecular weight is 368 g/mol. The average Bonchev–Trinajstić information content (AvgIpc) is 2.63. The minimum absolute atomic E-state index is 0.163. The van der Waals surface area contributed by atoms with Crippen molar-refractivity contribution < 1.29 is 18.4 Å². The molecule has 0 aliphatic carbocycles. The molecule has 0 aromatic heterocycles. The third-order valence-corrected chi connectivity index (χ3v) is 5.63. The normalized spacial score (nSPS) is 10.5. The Morgan fingerprint density at radius 1 is 1.04 bits per heavy atom. The standard InChI is InChI=1S/C15H15NO4S2.CH5N/c17-15(16-18)10-11-22(19,20)14-8-6-13(7-9-14)21-12-4-2-1-3-5-12;1-2/h1-9,18H,10-11H2,(H,16,17);2H2,1H3. The molecule has 0 aliphatic rings. The molecule has 0 radical (unpaired) electrons. The van der Waals surface area contributed by atoms with E-state index in [0.29, 0.717) is 0 Å². The van der Waals surface area contributed by atoms with E-state index in [9.17, 15) is 13.2 Å². The fourth-order valence-electron chi connectivity index (χ4n) is 1.74. The van der Waals surface area contributed by atoms with Crippen molar-refractivity contribution in [2.24, 2.45) is 5.73 Å². The second kappa shape index (κ2) is 10.1. The van der Waals surface area contributed by atoms with Gasteiger partial charge in [-0.15, -0.1) is 0 Å². The number of nitrogens with two attached hydrogens (primary N) is 1. The Labute approximate surface area is 146 Å². The summed E-state index contributed by atoms with van der Waals surface area (Å²) in [7, 11) is -2.04. The molecule has 24 heavy (non-hydrogen) atoms. The Bertz CT molecular complexity index is 732. The maximum atomic E-state index is 12.1. The van der Waals surface area contributed by atoms with E-state index in [1.807, 2.05) is 30.3 Å². The fourth-order valence-corrected chi connectivity index (χ4v) is 3.82. The molecule has 2 aromatic rings. The third-order valence-electron chi connectivity index (χ3n) is 2.88. The van der Waals surface area contributed by atoms with Crippen LogP contribution in [0, 0.1) is 0 Å². The van der Waals surface area contributed by atoms with Crippen LogP contribution in [0.3, 0.4) is 0 Å². The first-order valence-electron chi connectivity index (χ1n) is 7.08.